The third-order valence-corrected chi connectivity index (χ3v) is 3.20. The highest BCUT2D eigenvalue weighted by Gasteiger charge is 2.16. The molecule has 18 heavy (non-hydrogen) atoms. The largest absolute Gasteiger partial charge is 0.389 e. The van der Waals surface area contributed by atoms with Crippen molar-refractivity contribution in [3.05, 3.63) is 35.9 Å². The summed E-state index contributed by atoms with van der Waals surface area (Å²) in [6.45, 7) is 8.79. The number of nitrogens with zero attached hydrogens (tertiary/aromatic N) is 3. The molecule has 3 rings (SSSR count). The second-order valence-corrected chi connectivity index (χ2v) is 4.37. The first kappa shape index (κ1) is 11.1. The van der Waals surface area contributed by atoms with Gasteiger partial charge in [0.15, 0.2) is 0 Å². The average molecular weight is 242 g/mol. The molecule has 92 valence electrons. The standard InChI is InChI=1S/C13H14N4O/c1-14-11-9-16-17-6-2-5-12(17)13(11)15-8-10-4-3-7-18-10/h2,5-6,9-10,15H,3-4,7-8H2. The summed E-state index contributed by atoms with van der Waals surface area (Å²) in [5, 5.41) is 7.52. The third kappa shape index (κ3) is 1.91. The van der Waals surface area contributed by atoms with Crippen LogP contribution in [0.15, 0.2) is 24.5 Å². The first-order chi connectivity index (χ1) is 8.88. The summed E-state index contributed by atoms with van der Waals surface area (Å²) in [6, 6.07) is 3.88. The predicted octanol–water partition coefficient (Wildman–Crippen LogP) is 2.48. The lowest BCUT2D eigenvalue weighted by molar-refractivity contribution is 0.120. The first-order valence-corrected chi connectivity index (χ1v) is 6.08. The molecule has 0 radical (unpaired) electrons. The zero-order chi connectivity index (χ0) is 12.4. The molecular weight excluding hydrogens is 228 g/mol. The van der Waals surface area contributed by atoms with Crippen LogP contribution in [0, 0.1) is 6.57 Å². The minimum Gasteiger partial charge on any atom is -0.389 e. The molecule has 0 amide bonds. The van der Waals surface area contributed by atoms with E-state index in [-0.39, 0.29) is 6.10 Å². The Bertz CT molecular complexity index is 593. The maximum atomic E-state index is 7.21. The number of nitrogens with one attached hydrogen (secondary N) is 1. The van der Waals surface area contributed by atoms with E-state index in [0.29, 0.717) is 5.69 Å². The zero-order valence-corrected chi connectivity index (χ0v) is 9.97. The van der Waals surface area contributed by atoms with Gasteiger partial charge >= 0.3 is 0 Å². The summed E-state index contributed by atoms with van der Waals surface area (Å²) >= 11 is 0. The van der Waals surface area contributed by atoms with E-state index in [1.54, 1.807) is 10.7 Å². The molecule has 1 saturated heterocycles. The van der Waals surface area contributed by atoms with Gasteiger partial charge in [0.05, 0.1) is 30.1 Å². The Morgan fingerprint density at radius 1 is 1.61 bits per heavy atom. The van der Waals surface area contributed by atoms with E-state index in [4.69, 9.17) is 11.3 Å². The van der Waals surface area contributed by atoms with Crippen LogP contribution >= 0.6 is 0 Å². The minimum absolute atomic E-state index is 0.256. The van der Waals surface area contributed by atoms with Gasteiger partial charge in [-0.2, -0.15) is 5.10 Å². The molecule has 0 aliphatic carbocycles. The Kier molecular flexibility index (Phi) is 2.87. The fourth-order valence-electron chi connectivity index (χ4n) is 2.27. The Labute approximate surface area is 105 Å². The van der Waals surface area contributed by atoms with E-state index >= 15 is 0 Å². The summed E-state index contributed by atoms with van der Waals surface area (Å²) in [4.78, 5) is 3.52. The third-order valence-electron chi connectivity index (χ3n) is 3.20. The van der Waals surface area contributed by atoms with Crippen LogP contribution in [0.3, 0.4) is 0 Å². The van der Waals surface area contributed by atoms with Crippen LogP contribution in [-0.2, 0) is 4.74 Å². The molecular formula is C13H14N4O. The highest BCUT2D eigenvalue weighted by atomic mass is 16.5. The van der Waals surface area contributed by atoms with Crippen molar-refractivity contribution in [2.24, 2.45) is 0 Å². The molecule has 1 aliphatic rings. The molecule has 2 aromatic heterocycles. The van der Waals surface area contributed by atoms with Gasteiger partial charge in [-0.25, -0.2) is 9.36 Å². The van der Waals surface area contributed by atoms with Crippen LogP contribution < -0.4 is 5.32 Å². The molecule has 1 unspecified atom stereocenters. The van der Waals surface area contributed by atoms with Gasteiger partial charge in [0.2, 0.25) is 5.69 Å². The molecule has 3 heterocycles. The predicted molar refractivity (Wildman–Crippen MR) is 68.9 cm³/mol. The van der Waals surface area contributed by atoms with E-state index in [9.17, 15) is 0 Å². The second kappa shape index (κ2) is 4.67. The van der Waals surface area contributed by atoms with E-state index < -0.39 is 0 Å². The van der Waals surface area contributed by atoms with Crippen LogP contribution in [0.2, 0.25) is 0 Å². The van der Waals surface area contributed by atoms with Crippen molar-refractivity contribution in [3.8, 4) is 0 Å². The van der Waals surface area contributed by atoms with Crippen molar-refractivity contribution in [1.29, 1.82) is 0 Å². The number of ether oxygens (including phenoxy) is 1. The molecule has 2 aromatic rings. The summed E-state index contributed by atoms with van der Waals surface area (Å²) in [5.74, 6) is 0. The van der Waals surface area contributed by atoms with E-state index in [2.05, 4.69) is 15.3 Å². The smallest absolute Gasteiger partial charge is 0.231 e. The Balaban J connectivity index is 1.88. The topological polar surface area (TPSA) is 42.9 Å². The van der Waals surface area contributed by atoms with Crippen LogP contribution in [-0.4, -0.2) is 28.9 Å². The van der Waals surface area contributed by atoms with Crippen LogP contribution in [0.1, 0.15) is 12.8 Å². The van der Waals surface area contributed by atoms with Gasteiger partial charge in [-0.1, -0.05) is 0 Å². The van der Waals surface area contributed by atoms with Crippen molar-refractivity contribution in [3.63, 3.8) is 0 Å². The Morgan fingerprint density at radius 3 is 3.33 bits per heavy atom. The van der Waals surface area contributed by atoms with Crippen molar-refractivity contribution in [2.45, 2.75) is 18.9 Å². The Morgan fingerprint density at radius 2 is 2.56 bits per heavy atom. The second-order valence-electron chi connectivity index (χ2n) is 4.37. The minimum atomic E-state index is 0.256. The van der Waals surface area contributed by atoms with Crippen molar-refractivity contribution in [2.75, 3.05) is 18.5 Å². The van der Waals surface area contributed by atoms with Crippen molar-refractivity contribution < 1.29 is 4.74 Å². The molecule has 0 spiro atoms. The fraction of sp³-hybridized carbons (Fsp3) is 0.385. The number of fused-ring (bicyclic) bond motifs is 1. The van der Waals surface area contributed by atoms with Gasteiger partial charge in [-0.3, -0.25) is 0 Å². The van der Waals surface area contributed by atoms with Crippen molar-refractivity contribution in [1.82, 2.24) is 9.61 Å². The van der Waals surface area contributed by atoms with Gasteiger partial charge < -0.3 is 10.1 Å². The Hall–Kier alpha value is -2.06. The van der Waals surface area contributed by atoms with E-state index in [1.165, 1.54) is 0 Å². The lowest BCUT2D eigenvalue weighted by Crippen LogP contribution is -2.18. The summed E-state index contributed by atoms with van der Waals surface area (Å²) in [5.41, 5.74) is 2.33. The van der Waals surface area contributed by atoms with E-state index in [0.717, 1.165) is 37.2 Å². The van der Waals surface area contributed by atoms with Crippen LogP contribution in [0.4, 0.5) is 11.4 Å². The number of rotatable bonds is 3. The molecule has 1 aliphatic heterocycles. The normalized spacial score (nSPS) is 18.9. The highest BCUT2D eigenvalue weighted by molar-refractivity contribution is 5.84. The maximum Gasteiger partial charge on any atom is 0.231 e. The fourth-order valence-corrected chi connectivity index (χ4v) is 2.27. The average Bonchev–Trinajstić information content (AvgIpc) is 3.06. The highest BCUT2D eigenvalue weighted by Crippen LogP contribution is 2.29. The van der Waals surface area contributed by atoms with Crippen LogP contribution in [0.25, 0.3) is 10.4 Å². The quantitative estimate of drug-likeness (QED) is 0.841. The maximum absolute atomic E-state index is 7.21. The molecule has 0 saturated carbocycles. The van der Waals surface area contributed by atoms with Crippen LogP contribution in [0.5, 0.6) is 0 Å². The van der Waals surface area contributed by atoms with Gasteiger partial charge in [0.25, 0.3) is 0 Å². The van der Waals surface area contributed by atoms with Gasteiger partial charge in [-0.15, -0.1) is 0 Å². The molecule has 0 bridgehead atoms. The van der Waals surface area contributed by atoms with Gasteiger partial charge in [0, 0.05) is 19.3 Å². The molecule has 0 aromatic carbocycles. The molecule has 5 heteroatoms. The van der Waals surface area contributed by atoms with Gasteiger partial charge in [0.1, 0.15) is 0 Å². The summed E-state index contributed by atoms with van der Waals surface area (Å²) in [6.07, 6.45) is 5.94. The zero-order valence-electron chi connectivity index (χ0n) is 9.97. The lowest BCUT2D eigenvalue weighted by Gasteiger charge is -2.14. The lowest BCUT2D eigenvalue weighted by atomic mass is 10.2. The number of hydrogen-bond acceptors (Lipinski definition) is 3. The SMILES string of the molecule is [C-]#[N+]c1cnn2cccc2c1NCC1CCCO1. The van der Waals surface area contributed by atoms with Gasteiger partial charge in [-0.05, 0) is 25.0 Å². The monoisotopic (exact) mass is 242 g/mol. The number of aromatic nitrogens is 2. The first-order valence-electron chi connectivity index (χ1n) is 6.08. The summed E-state index contributed by atoms with van der Waals surface area (Å²) in [7, 11) is 0. The summed E-state index contributed by atoms with van der Waals surface area (Å²) < 4.78 is 7.35. The van der Waals surface area contributed by atoms with E-state index in [1.807, 2.05) is 18.3 Å². The van der Waals surface area contributed by atoms with Crippen molar-refractivity contribution >= 4 is 16.9 Å². The molecule has 5 nitrogen and oxygen atoms in total. The number of anilines is 1. The molecule has 1 atom stereocenters. The number of hydrogen-bond donors (Lipinski definition) is 1. The molecule has 1 N–H and O–H groups in total. The molecule has 1 fully saturated rings.